The molecule has 8 N–H and O–H groups in total. The van der Waals surface area contributed by atoms with E-state index in [-0.39, 0.29) is 42.5 Å². The van der Waals surface area contributed by atoms with Crippen molar-refractivity contribution in [3.05, 3.63) is 95.1 Å². The summed E-state index contributed by atoms with van der Waals surface area (Å²) in [5, 5.41) is 27.4. The number of carbonyl (C=O) groups excluding carboxylic acids is 3. The number of carbonyl (C=O) groups is 4. The van der Waals surface area contributed by atoms with Gasteiger partial charge in [-0.05, 0) is 90.1 Å². The Morgan fingerprint density at radius 1 is 0.750 bits per heavy atom. The molecule has 418 valence electrons. The fourth-order valence-electron chi connectivity index (χ4n) is 9.91. The van der Waals surface area contributed by atoms with E-state index in [0.29, 0.717) is 99.1 Å². The fraction of sp³-hybridized carbons (Fsp3) is 0.593. The number of aromatic nitrogens is 3. The minimum Gasteiger partial charge on any atom is -0.497 e. The third kappa shape index (κ3) is 20.9. The van der Waals surface area contributed by atoms with E-state index in [1.165, 1.54) is 51.0 Å². The lowest BCUT2D eigenvalue weighted by molar-refractivity contribution is -0.907. The van der Waals surface area contributed by atoms with Gasteiger partial charge in [0, 0.05) is 56.3 Å². The smallest absolute Gasteiger partial charge is 0.303 e. The maximum atomic E-state index is 15.6. The van der Waals surface area contributed by atoms with Crippen molar-refractivity contribution in [3.8, 4) is 22.6 Å². The molecule has 3 amide bonds. The number of nitrogens with two attached hydrogens (primary N) is 2. The molecule has 5 rings (SSSR count). The highest BCUT2D eigenvalue weighted by Gasteiger charge is 2.34. The largest absolute Gasteiger partial charge is 0.497 e. The monoisotopic (exact) mass is 1050 g/mol. The van der Waals surface area contributed by atoms with Crippen LogP contribution in [0.2, 0.25) is 0 Å². The first-order valence-electron chi connectivity index (χ1n) is 28.0. The average molecular weight is 1060 g/mol. The molecule has 0 aliphatic heterocycles. The van der Waals surface area contributed by atoms with Gasteiger partial charge < -0.3 is 46.5 Å². The highest BCUT2D eigenvalue weighted by Crippen LogP contribution is 2.45. The number of aryl methyl sites for hydroxylation is 1. The summed E-state index contributed by atoms with van der Waals surface area (Å²) < 4.78 is 29.9. The molecule has 3 aromatic carbocycles. The van der Waals surface area contributed by atoms with Gasteiger partial charge in [0.1, 0.15) is 23.9 Å². The van der Waals surface area contributed by atoms with Gasteiger partial charge in [0.05, 0.1) is 65.3 Å². The van der Waals surface area contributed by atoms with E-state index in [1.807, 2.05) is 54.3 Å². The summed E-state index contributed by atoms with van der Waals surface area (Å²) in [6.45, 7) is 9.05. The van der Waals surface area contributed by atoms with E-state index in [4.69, 9.17) is 20.9 Å². The van der Waals surface area contributed by atoms with Crippen molar-refractivity contribution in [2.75, 3.05) is 66.5 Å². The van der Waals surface area contributed by atoms with Crippen LogP contribution in [0.15, 0.2) is 66.9 Å². The number of ether oxygens (including phenoxy) is 2. The second-order valence-electron chi connectivity index (χ2n) is 21.5. The number of hydrogen-bond acceptors (Lipinski definition) is 10. The highest BCUT2D eigenvalue weighted by molar-refractivity contribution is 5.77. The lowest BCUT2D eigenvalue weighted by Crippen LogP contribution is -2.52. The summed E-state index contributed by atoms with van der Waals surface area (Å²) >= 11 is 0. The summed E-state index contributed by atoms with van der Waals surface area (Å²) in [4.78, 5) is 48.8. The van der Waals surface area contributed by atoms with Crippen molar-refractivity contribution in [2.24, 2.45) is 17.4 Å². The maximum absolute atomic E-state index is 15.6. The standard InChI is InChI=1S/C59H88FN9O7/c1-59(2,52-38-44(21-25-49(52)51-40-47(75-4)24-26-53(51)60)43-76-48-19-17-18-46(39-48)50(41-58(73)74)45-22-23-45)54-42-68(67-66-54)34-16-14-12-10-8-6-5-7-9-11-13-15-20-55(70)65-33-37-69(3,35-27-56(71)63-31-29-61)36-28-57(72)64-32-30-62/h17-19,21,24-26,38-40,42,45,50H,5-16,20,22-23,27-37,41,43,61-62H2,1-4H3,(H3-,63,64,65,70,71,72,73,74)/p+1/t50-/m0/s1. The Morgan fingerprint density at radius 2 is 1.36 bits per heavy atom. The molecule has 1 aliphatic carbocycles. The van der Waals surface area contributed by atoms with E-state index in [9.17, 15) is 24.3 Å². The molecule has 1 atom stereocenters. The molecule has 1 heterocycles. The molecule has 4 aromatic rings. The third-order valence-corrected chi connectivity index (χ3v) is 14.9. The molecule has 0 unspecified atom stereocenters. The minimum absolute atomic E-state index is 0.0306. The predicted molar refractivity (Wildman–Crippen MR) is 296 cm³/mol. The SMILES string of the molecule is COc1ccc(F)c(-c2ccc(COc3cccc([C@@H](CC(=O)O)C4CC4)c3)cc2C(C)(C)c2cn(CCCCCCCCCCCCCCC(=O)NCC[N+](C)(CCC(=O)NCCN)CCC(=O)NCCN)nn2)c1. The van der Waals surface area contributed by atoms with E-state index in [2.05, 4.69) is 46.2 Å². The number of rotatable bonds is 39. The van der Waals surface area contributed by atoms with Crippen LogP contribution in [-0.4, -0.2) is 115 Å². The molecule has 17 heteroatoms. The molecule has 76 heavy (non-hydrogen) atoms. The number of unbranched alkanes of at least 4 members (excludes halogenated alkanes) is 11. The Kier molecular flexibility index (Phi) is 25.6. The number of benzene rings is 3. The molecule has 1 saturated carbocycles. The second-order valence-corrected chi connectivity index (χ2v) is 21.5. The number of nitrogens with zero attached hydrogens (tertiary/aromatic N) is 4. The Morgan fingerprint density at radius 3 is 1.96 bits per heavy atom. The molecule has 1 aliphatic rings. The molecule has 0 radical (unpaired) electrons. The van der Waals surface area contributed by atoms with Gasteiger partial charge in [-0.15, -0.1) is 5.10 Å². The van der Waals surface area contributed by atoms with Gasteiger partial charge in [0.15, 0.2) is 0 Å². The number of likely N-dealkylation sites (N-methyl/N-ethyl adjacent to an activating group) is 1. The van der Waals surface area contributed by atoms with Crippen LogP contribution in [0.5, 0.6) is 11.5 Å². The van der Waals surface area contributed by atoms with Crippen LogP contribution in [0, 0.1) is 11.7 Å². The first-order valence-corrected chi connectivity index (χ1v) is 28.0. The van der Waals surface area contributed by atoms with Crippen molar-refractivity contribution in [1.82, 2.24) is 30.9 Å². The summed E-state index contributed by atoms with van der Waals surface area (Å²) in [6.07, 6.45) is 18.9. The number of hydrogen-bond donors (Lipinski definition) is 6. The molecule has 0 saturated heterocycles. The van der Waals surface area contributed by atoms with Crippen molar-refractivity contribution >= 4 is 23.7 Å². The maximum Gasteiger partial charge on any atom is 0.303 e. The summed E-state index contributed by atoms with van der Waals surface area (Å²) in [6, 6.07) is 18.5. The summed E-state index contributed by atoms with van der Waals surface area (Å²) in [7, 11) is 3.59. The molecule has 1 fully saturated rings. The van der Waals surface area contributed by atoms with Crippen molar-refractivity contribution in [1.29, 1.82) is 0 Å². The van der Waals surface area contributed by atoms with E-state index in [1.54, 1.807) is 19.2 Å². The summed E-state index contributed by atoms with van der Waals surface area (Å²) in [5.41, 5.74) is 15.1. The summed E-state index contributed by atoms with van der Waals surface area (Å²) in [5.74, 6) is 0.356. The zero-order valence-electron chi connectivity index (χ0n) is 46.0. The lowest BCUT2D eigenvalue weighted by Gasteiger charge is -2.34. The van der Waals surface area contributed by atoms with Gasteiger partial charge in [-0.3, -0.25) is 23.9 Å². The van der Waals surface area contributed by atoms with Gasteiger partial charge in [-0.1, -0.05) is 114 Å². The van der Waals surface area contributed by atoms with Crippen LogP contribution in [0.4, 0.5) is 4.39 Å². The Hall–Kier alpha value is -5.91. The van der Waals surface area contributed by atoms with Gasteiger partial charge in [-0.25, -0.2) is 4.39 Å². The molecule has 0 bridgehead atoms. The van der Waals surface area contributed by atoms with Crippen LogP contribution in [0.25, 0.3) is 11.1 Å². The number of halogens is 1. The third-order valence-electron chi connectivity index (χ3n) is 14.9. The van der Waals surface area contributed by atoms with Crippen molar-refractivity contribution in [3.63, 3.8) is 0 Å². The van der Waals surface area contributed by atoms with E-state index >= 15 is 4.39 Å². The lowest BCUT2D eigenvalue weighted by atomic mass is 9.77. The van der Waals surface area contributed by atoms with Crippen molar-refractivity contribution in [2.45, 2.75) is 154 Å². The number of aliphatic carboxylic acids is 1. The first-order chi connectivity index (χ1) is 36.6. The van der Waals surface area contributed by atoms with E-state index in [0.717, 1.165) is 79.4 Å². The van der Waals surface area contributed by atoms with Crippen LogP contribution < -0.4 is 36.9 Å². The van der Waals surface area contributed by atoms with Crippen LogP contribution in [-0.2, 0) is 37.7 Å². The Bertz CT molecular complexity index is 2400. The van der Waals surface area contributed by atoms with Gasteiger partial charge in [0.25, 0.3) is 0 Å². The minimum atomic E-state index is -0.793. The van der Waals surface area contributed by atoms with Gasteiger partial charge in [-0.2, -0.15) is 0 Å². The quantitative estimate of drug-likeness (QED) is 0.0183. The number of nitrogens with one attached hydrogen (secondary N) is 3. The van der Waals surface area contributed by atoms with Crippen molar-refractivity contribution < 1.29 is 42.6 Å². The van der Waals surface area contributed by atoms with Gasteiger partial charge >= 0.3 is 5.97 Å². The zero-order chi connectivity index (χ0) is 54.8. The second kappa shape index (κ2) is 32.0. The Labute approximate surface area is 451 Å². The molecular weight excluding hydrogens is 966 g/mol. The van der Waals surface area contributed by atoms with Gasteiger partial charge in [0.2, 0.25) is 17.7 Å². The number of methoxy groups -OCH3 is 1. The number of amides is 3. The normalized spacial score (nSPS) is 13.0. The molecule has 1 aromatic heterocycles. The average Bonchev–Trinajstić information content (AvgIpc) is 4.15. The number of carboxylic acid groups (broad SMARTS) is 1. The van der Waals surface area contributed by atoms with E-state index < -0.39 is 11.4 Å². The fourth-order valence-corrected chi connectivity index (χ4v) is 9.91. The predicted octanol–water partition coefficient (Wildman–Crippen LogP) is 8.53. The zero-order valence-corrected chi connectivity index (χ0v) is 46.0. The van der Waals surface area contributed by atoms with Crippen LogP contribution >= 0.6 is 0 Å². The van der Waals surface area contributed by atoms with Crippen LogP contribution in [0.3, 0.4) is 0 Å². The molecular formula is C59H89FN9O7+. The molecule has 0 spiro atoms. The number of carboxylic acids is 1. The topological polar surface area (TPSA) is 226 Å². The Balaban J connectivity index is 0.991. The number of quaternary nitrogens is 1. The van der Waals surface area contributed by atoms with Crippen LogP contribution in [0.1, 0.15) is 158 Å². The highest BCUT2D eigenvalue weighted by atomic mass is 19.1. The molecule has 16 nitrogen and oxygen atoms in total. The first kappa shape index (κ1) is 60.9.